The van der Waals surface area contributed by atoms with Gasteiger partial charge in [-0.3, -0.25) is 4.79 Å². The number of carbonyl (C=O) groups is 1. The van der Waals surface area contributed by atoms with E-state index < -0.39 is 0 Å². The summed E-state index contributed by atoms with van der Waals surface area (Å²) in [7, 11) is 0. The molecule has 0 aliphatic heterocycles. The molecule has 1 aliphatic carbocycles. The van der Waals surface area contributed by atoms with Crippen LogP contribution in [0.25, 0.3) is 0 Å². The molecule has 110 valence electrons. The standard InChI is InChI=1S/C15H20BrFN2O/c1-9-7-13(17)12(16)8-14(9)18-10(2)15(20)19-11-5-3-4-6-11/h7-8,10-11,18H,3-6H2,1-2H3,(H,19,20). The molecule has 3 nitrogen and oxygen atoms in total. The highest BCUT2D eigenvalue weighted by Crippen LogP contribution is 2.25. The summed E-state index contributed by atoms with van der Waals surface area (Å²) in [5, 5.41) is 6.20. The van der Waals surface area contributed by atoms with E-state index in [2.05, 4.69) is 26.6 Å². The molecule has 0 saturated heterocycles. The maximum absolute atomic E-state index is 13.4. The molecule has 1 unspecified atom stereocenters. The van der Waals surface area contributed by atoms with Gasteiger partial charge in [-0.25, -0.2) is 4.39 Å². The predicted octanol–water partition coefficient (Wildman–Crippen LogP) is 3.76. The maximum Gasteiger partial charge on any atom is 0.242 e. The van der Waals surface area contributed by atoms with Gasteiger partial charge in [0.2, 0.25) is 5.91 Å². The number of nitrogens with one attached hydrogen (secondary N) is 2. The Labute approximate surface area is 127 Å². The molecule has 1 aliphatic rings. The SMILES string of the molecule is Cc1cc(F)c(Br)cc1NC(C)C(=O)NC1CCCC1. The van der Waals surface area contributed by atoms with Crippen molar-refractivity contribution in [1.29, 1.82) is 0 Å². The van der Waals surface area contributed by atoms with Crippen LogP contribution in [0.3, 0.4) is 0 Å². The Morgan fingerprint density at radius 3 is 2.70 bits per heavy atom. The van der Waals surface area contributed by atoms with E-state index >= 15 is 0 Å². The summed E-state index contributed by atoms with van der Waals surface area (Å²) in [6, 6.07) is 3.09. The largest absolute Gasteiger partial charge is 0.374 e. The van der Waals surface area contributed by atoms with E-state index in [1.165, 1.54) is 18.9 Å². The first-order valence-corrected chi connectivity index (χ1v) is 7.79. The third-order valence-electron chi connectivity index (χ3n) is 3.73. The van der Waals surface area contributed by atoms with E-state index in [0.717, 1.165) is 24.1 Å². The molecule has 0 bridgehead atoms. The number of halogens is 2. The third-order valence-corrected chi connectivity index (χ3v) is 4.34. The van der Waals surface area contributed by atoms with Gasteiger partial charge in [-0.2, -0.15) is 0 Å². The summed E-state index contributed by atoms with van der Waals surface area (Å²) >= 11 is 3.16. The van der Waals surface area contributed by atoms with Crippen molar-refractivity contribution in [2.45, 2.75) is 51.6 Å². The molecule has 0 heterocycles. The molecule has 1 aromatic rings. The average Bonchev–Trinajstić information content (AvgIpc) is 2.88. The van der Waals surface area contributed by atoms with Crippen LogP contribution < -0.4 is 10.6 Å². The topological polar surface area (TPSA) is 41.1 Å². The summed E-state index contributed by atoms with van der Waals surface area (Å²) in [6.07, 6.45) is 4.52. The van der Waals surface area contributed by atoms with Crippen LogP contribution in [0.15, 0.2) is 16.6 Å². The average molecular weight is 343 g/mol. The minimum atomic E-state index is -0.341. The summed E-state index contributed by atoms with van der Waals surface area (Å²) in [6.45, 7) is 3.64. The van der Waals surface area contributed by atoms with Crippen molar-refractivity contribution in [3.63, 3.8) is 0 Å². The predicted molar refractivity (Wildman–Crippen MR) is 82.3 cm³/mol. The Balaban J connectivity index is 1.98. The summed E-state index contributed by atoms with van der Waals surface area (Å²) < 4.78 is 13.8. The number of benzene rings is 1. The van der Waals surface area contributed by atoms with E-state index in [0.29, 0.717) is 10.5 Å². The van der Waals surface area contributed by atoms with Crippen molar-refractivity contribution in [2.24, 2.45) is 0 Å². The van der Waals surface area contributed by atoms with Gasteiger partial charge in [0.25, 0.3) is 0 Å². The minimum absolute atomic E-state index is 0.00301. The zero-order chi connectivity index (χ0) is 14.7. The fourth-order valence-corrected chi connectivity index (χ4v) is 2.84. The number of rotatable bonds is 4. The number of hydrogen-bond acceptors (Lipinski definition) is 2. The highest BCUT2D eigenvalue weighted by molar-refractivity contribution is 9.10. The van der Waals surface area contributed by atoms with Crippen molar-refractivity contribution in [3.05, 3.63) is 28.0 Å². The third kappa shape index (κ3) is 3.72. The number of aryl methyl sites for hydroxylation is 1. The highest BCUT2D eigenvalue weighted by atomic mass is 79.9. The first-order valence-electron chi connectivity index (χ1n) is 7.00. The first kappa shape index (κ1) is 15.3. The molecule has 1 fully saturated rings. The van der Waals surface area contributed by atoms with Gasteiger partial charge in [-0.05, 0) is 60.3 Å². The molecule has 0 spiro atoms. The molecule has 2 N–H and O–H groups in total. The molecular weight excluding hydrogens is 323 g/mol. The molecule has 20 heavy (non-hydrogen) atoms. The minimum Gasteiger partial charge on any atom is -0.374 e. The lowest BCUT2D eigenvalue weighted by Crippen LogP contribution is -2.42. The second-order valence-electron chi connectivity index (χ2n) is 5.44. The smallest absolute Gasteiger partial charge is 0.242 e. The van der Waals surface area contributed by atoms with E-state index in [1.807, 2.05) is 13.8 Å². The van der Waals surface area contributed by atoms with Gasteiger partial charge in [0.15, 0.2) is 0 Å². The number of amides is 1. The Hall–Kier alpha value is -1.10. The summed E-state index contributed by atoms with van der Waals surface area (Å²) in [5.74, 6) is -0.298. The van der Waals surface area contributed by atoms with Gasteiger partial charge in [0.1, 0.15) is 11.9 Å². The lowest BCUT2D eigenvalue weighted by molar-refractivity contribution is -0.122. The van der Waals surface area contributed by atoms with E-state index in [4.69, 9.17) is 0 Å². The lowest BCUT2D eigenvalue weighted by atomic mass is 10.1. The Morgan fingerprint density at radius 1 is 1.40 bits per heavy atom. The first-order chi connectivity index (χ1) is 9.47. The maximum atomic E-state index is 13.4. The summed E-state index contributed by atoms with van der Waals surface area (Å²) in [5.41, 5.74) is 1.55. The van der Waals surface area contributed by atoms with Gasteiger partial charge in [-0.1, -0.05) is 12.8 Å². The highest BCUT2D eigenvalue weighted by Gasteiger charge is 2.21. The van der Waals surface area contributed by atoms with E-state index in [-0.39, 0.29) is 17.8 Å². The van der Waals surface area contributed by atoms with E-state index in [1.54, 1.807) is 6.07 Å². The van der Waals surface area contributed by atoms with Gasteiger partial charge in [-0.15, -0.1) is 0 Å². The van der Waals surface area contributed by atoms with Gasteiger partial charge in [0.05, 0.1) is 4.47 Å². The van der Waals surface area contributed by atoms with Crippen molar-refractivity contribution < 1.29 is 9.18 Å². The molecular formula is C15H20BrFN2O. The summed E-state index contributed by atoms with van der Waals surface area (Å²) in [4.78, 5) is 12.1. The van der Waals surface area contributed by atoms with Crippen LogP contribution in [-0.4, -0.2) is 18.0 Å². The Morgan fingerprint density at radius 2 is 2.05 bits per heavy atom. The molecule has 0 aromatic heterocycles. The van der Waals surface area contributed by atoms with Crippen LogP contribution in [0.1, 0.15) is 38.2 Å². The monoisotopic (exact) mass is 342 g/mol. The fraction of sp³-hybridized carbons (Fsp3) is 0.533. The Kier molecular flexibility index (Phi) is 5.02. The second kappa shape index (κ2) is 6.57. The van der Waals surface area contributed by atoms with Crippen LogP contribution in [-0.2, 0) is 4.79 Å². The molecule has 1 saturated carbocycles. The van der Waals surface area contributed by atoms with Crippen LogP contribution in [0.2, 0.25) is 0 Å². The normalized spacial score (nSPS) is 17.0. The number of hydrogen-bond donors (Lipinski definition) is 2. The van der Waals surface area contributed by atoms with Crippen LogP contribution in [0, 0.1) is 12.7 Å². The van der Waals surface area contributed by atoms with Gasteiger partial charge < -0.3 is 10.6 Å². The van der Waals surface area contributed by atoms with Crippen molar-refractivity contribution in [3.8, 4) is 0 Å². The van der Waals surface area contributed by atoms with Crippen molar-refractivity contribution in [1.82, 2.24) is 5.32 Å². The lowest BCUT2D eigenvalue weighted by Gasteiger charge is -2.20. The van der Waals surface area contributed by atoms with Crippen molar-refractivity contribution >= 4 is 27.5 Å². The Bertz CT molecular complexity index is 501. The van der Waals surface area contributed by atoms with Crippen LogP contribution >= 0.6 is 15.9 Å². The van der Waals surface area contributed by atoms with E-state index in [9.17, 15) is 9.18 Å². The quantitative estimate of drug-likeness (QED) is 0.874. The molecule has 1 aromatic carbocycles. The van der Waals surface area contributed by atoms with Crippen LogP contribution in [0.4, 0.5) is 10.1 Å². The van der Waals surface area contributed by atoms with Gasteiger partial charge in [0, 0.05) is 11.7 Å². The number of carbonyl (C=O) groups excluding carboxylic acids is 1. The van der Waals surface area contributed by atoms with Crippen LogP contribution in [0.5, 0.6) is 0 Å². The molecule has 2 rings (SSSR count). The van der Waals surface area contributed by atoms with Gasteiger partial charge >= 0.3 is 0 Å². The molecule has 0 radical (unpaired) electrons. The fourth-order valence-electron chi connectivity index (χ4n) is 2.50. The zero-order valence-corrected chi connectivity index (χ0v) is 13.4. The molecule has 5 heteroatoms. The second-order valence-corrected chi connectivity index (χ2v) is 6.29. The molecule has 1 amide bonds. The van der Waals surface area contributed by atoms with Crippen molar-refractivity contribution in [2.75, 3.05) is 5.32 Å². The molecule has 1 atom stereocenters. The number of anilines is 1. The zero-order valence-electron chi connectivity index (χ0n) is 11.8.